The van der Waals surface area contributed by atoms with E-state index in [0.29, 0.717) is 35.8 Å². The number of hydrogen-bond donors (Lipinski definition) is 3. The van der Waals surface area contributed by atoms with Crippen molar-refractivity contribution < 1.29 is 43.0 Å². The first-order valence-corrected chi connectivity index (χ1v) is 13.9. The minimum Gasteiger partial charge on any atom is -0.496 e. The molecular formula is C31H34N4O9. The van der Waals surface area contributed by atoms with Crippen molar-refractivity contribution in [2.45, 2.75) is 37.8 Å². The monoisotopic (exact) mass is 606 g/mol. The molecule has 1 aliphatic heterocycles. The summed E-state index contributed by atoms with van der Waals surface area (Å²) in [6.45, 7) is 3.91. The zero-order valence-corrected chi connectivity index (χ0v) is 24.4. The number of amides is 3. The summed E-state index contributed by atoms with van der Waals surface area (Å²) < 4.78 is 20.8. The molecule has 0 spiro atoms. The average molecular weight is 607 g/mol. The van der Waals surface area contributed by atoms with Crippen molar-refractivity contribution in [2.75, 3.05) is 32.7 Å². The standard InChI is InChI=1S/C31H34N4O9/c1-4-15-43-31(40)33-23(30(38)39)18-21-17-22(34-44-21)24-7-6-14-35(24)27(36)16-19-10-12-20(13-11-19)32-29(37)28-25(41-2)8-5-9-26(28)42-3/h4-5,8-13,17,23-24H,1,6-7,14-16,18H2,2-3H3,(H,32,37)(H,33,40)(H,38,39). The van der Waals surface area contributed by atoms with Gasteiger partial charge in [0.15, 0.2) is 0 Å². The van der Waals surface area contributed by atoms with Gasteiger partial charge < -0.3 is 39.4 Å². The van der Waals surface area contributed by atoms with Crippen LogP contribution in [0.2, 0.25) is 0 Å². The van der Waals surface area contributed by atoms with Crippen LogP contribution in [0.3, 0.4) is 0 Å². The molecule has 1 fully saturated rings. The molecule has 1 aromatic heterocycles. The topological polar surface area (TPSA) is 170 Å². The van der Waals surface area contributed by atoms with Gasteiger partial charge in [-0.05, 0) is 42.7 Å². The van der Waals surface area contributed by atoms with Crippen molar-refractivity contribution in [2.24, 2.45) is 0 Å². The number of carboxylic acid groups (broad SMARTS) is 1. The number of anilines is 1. The number of benzene rings is 2. The average Bonchev–Trinajstić information content (AvgIpc) is 3.70. The molecule has 13 nitrogen and oxygen atoms in total. The number of carbonyl (C=O) groups excluding carboxylic acids is 3. The SMILES string of the molecule is C=CCOC(=O)NC(Cc1cc(C2CCCN2C(=O)Cc2ccc(NC(=O)c3c(OC)cccc3OC)cc2)no1)C(=O)O. The molecule has 3 aromatic rings. The predicted molar refractivity (Wildman–Crippen MR) is 158 cm³/mol. The molecule has 3 N–H and O–H groups in total. The normalized spacial score (nSPS) is 14.8. The summed E-state index contributed by atoms with van der Waals surface area (Å²) in [5.41, 5.74) is 2.08. The Hall–Kier alpha value is -5.33. The second kappa shape index (κ2) is 14.7. The van der Waals surface area contributed by atoms with E-state index in [1.165, 1.54) is 20.3 Å². The molecule has 1 aliphatic rings. The molecule has 13 heteroatoms. The molecule has 0 aliphatic carbocycles. The van der Waals surface area contributed by atoms with Gasteiger partial charge in [-0.3, -0.25) is 9.59 Å². The Morgan fingerprint density at radius 2 is 1.84 bits per heavy atom. The molecule has 44 heavy (non-hydrogen) atoms. The fourth-order valence-corrected chi connectivity index (χ4v) is 4.93. The number of ether oxygens (including phenoxy) is 3. The van der Waals surface area contributed by atoms with Crippen molar-refractivity contribution in [3.63, 3.8) is 0 Å². The number of aliphatic carboxylic acids is 1. The quantitative estimate of drug-likeness (QED) is 0.244. The zero-order chi connectivity index (χ0) is 31.6. The molecule has 232 valence electrons. The van der Waals surface area contributed by atoms with Gasteiger partial charge in [-0.1, -0.05) is 36.0 Å². The maximum absolute atomic E-state index is 13.3. The fraction of sp³-hybridized carbons (Fsp3) is 0.323. The van der Waals surface area contributed by atoms with Crippen LogP contribution in [0.1, 0.15) is 46.3 Å². The third-order valence-electron chi connectivity index (χ3n) is 7.04. The Kier molecular flexibility index (Phi) is 10.6. The van der Waals surface area contributed by atoms with E-state index in [-0.39, 0.29) is 42.7 Å². The summed E-state index contributed by atoms with van der Waals surface area (Å²) in [6, 6.07) is 12.0. The lowest BCUT2D eigenvalue weighted by atomic mass is 10.1. The largest absolute Gasteiger partial charge is 0.496 e. The second-order valence-corrected chi connectivity index (χ2v) is 9.96. The smallest absolute Gasteiger partial charge is 0.408 e. The fourth-order valence-electron chi connectivity index (χ4n) is 4.93. The number of likely N-dealkylation sites (tertiary alicyclic amines) is 1. The number of rotatable bonds is 13. The van der Waals surface area contributed by atoms with E-state index in [4.69, 9.17) is 18.7 Å². The second-order valence-electron chi connectivity index (χ2n) is 9.96. The molecule has 0 saturated carbocycles. The Bertz CT molecular complexity index is 1480. The van der Waals surface area contributed by atoms with Gasteiger partial charge in [0.05, 0.1) is 26.7 Å². The minimum absolute atomic E-state index is 0.0591. The summed E-state index contributed by atoms with van der Waals surface area (Å²) in [5.74, 6) is -0.757. The van der Waals surface area contributed by atoms with Crippen LogP contribution in [0, 0.1) is 0 Å². The predicted octanol–water partition coefficient (Wildman–Crippen LogP) is 3.76. The van der Waals surface area contributed by atoms with Crippen LogP contribution in [0.5, 0.6) is 11.5 Å². The number of alkyl carbamates (subject to hydrolysis) is 1. The number of hydrogen-bond acceptors (Lipinski definition) is 9. The molecule has 2 aromatic carbocycles. The Labute approximate surface area is 253 Å². The number of carboxylic acids is 1. The molecule has 2 atom stereocenters. The van der Waals surface area contributed by atoms with Crippen LogP contribution >= 0.6 is 0 Å². The number of carbonyl (C=O) groups is 4. The van der Waals surface area contributed by atoms with E-state index < -0.39 is 24.0 Å². The van der Waals surface area contributed by atoms with Gasteiger partial charge in [0.1, 0.15) is 41.2 Å². The van der Waals surface area contributed by atoms with Crippen LogP contribution in [-0.2, 0) is 27.2 Å². The highest BCUT2D eigenvalue weighted by Gasteiger charge is 2.33. The lowest BCUT2D eigenvalue weighted by Gasteiger charge is -2.23. The molecule has 0 radical (unpaired) electrons. The lowest BCUT2D eigenvalue weighted by molar-refractivity contribution is -0.139. The summed E-state index contributed by atoms with van der Waals surface area (Å²) >= 11 is 0. The van der Waals surface area contributed by atoms with Crippen LogP contribution in [0.4, 0.5) is 10.5 Å². The van der Waals surface area contributed by atoms with Crippen molar-refractivity contribution in [1.29, 1.82) is 0 Å². The molecular weight excluding hydrogens is 572 g/mol. The molecule has 2 heterocycles. The van der Waals surface area contributed by atoms with Crippen LogP contribution < -0.4 is 20.1 Å². The van der Waals surface area contributed by atoms with Gasteiger partial charge in [0.25, 0.3) is 5.91 Å². The van der Waals surface area contributed by atoms with E-state index in [2.05, 4.69) is 22.4 Å². The summed E-state index contributed by atoms with van der Waals surface area (Å²) in [4.78, 5) is 51.4. The first-order chi connectivity index (χ1) is 21.2. The van der Waals surface area contributed by atoms with Gasteiger partial charge in [-0.25, -0.2) is 9.59 Å². The Morgan fingerprint density at radius 3 is 2.48 bits per heavy atom. The zero-order valence-electron chi connectivity index (χ0n) is 24.4. The van der Waals surface area contributed by atoms with Gasteiger partial charge in [-0.2, -0.15) is 0 Å². The molecule has 3 amide bonds. The van der Waals surface area contributed by atoms with Crippen molar-refractivity contribution in [3.05, 3.63) is 83.8 Å². The minimum atomic E-state index is -1.29. The van der Waals surface area contributed by atoms with E-state index >= 15 is 0 Å². The number of nitrogens with zero attached hydrogens (tertiary/aromatic N) is 2. The lowest BCUT2D eigenvalue weighted by Crippen LogP contribution is -2.42. The van der Waals surface area contributed by atoms with Gasteiger partial charge in [0, 0.05) is 24.7 Å². The number of nitrogens with one attached hydrogen (secondary N) is 2. The van der Waals surface area contributed by atoms with Crippen molar-refractivity contribution in [1.82, 2.24) is 15.4 Å². The van der Waals surface area contributed by atoms with Gasteiger partial charge in [0.2, 0.25) is 5.91 Å². The van der Waals surface area contributed by atoms with E-state index in [9.17, 15) is 24.3 Å². The van der Waals surface area contributed by atoms with Gasteiger partial charge >= 0.3 is 12.1 Å². The molecule has 2 unspecified atom stereocenters. The van der Waals surface area contributed by atoms with E-state index in [0.717, 1.165) is 12.0 Å². The van der Waals surface area contributed by atoms with Crippen LogP contribution in [0.25, 0.3) is 0 Å². The third-order valence-corrected chi connectivity index (χ3v) is 7.04. The van der Waals surface area contributed by atoms with Crippen LogP contribution in [0.15, 0.2) is 65.7 Å². The molecule has 1 saturated heterocycles. The highest BCUT2D eigenvalue weighted by molar-refractivity contribution is 6.08. The number of aromatic nitrogens is 1. The summed E-state index contributed by atoms with van der Waals surface area (Å²) in [5, 5.41) is 18.7. The van der Waals surface area contributed by atoms with Crippen molar-refractivity contribution >= 4 is 29.6 Å². The maximum atomic E-state index is 13.3. The first kappa shape index (κ1) is 31.6. The Balaban J connectivity index is 1.37. The maximum Gasteiger partial charge on any atom is 0.408 e. The summed E-state index contributed by atoms with van der Waals surface area (Å²) in [7, 11) is 2.95. The Morgan fingerprint density at radius 1 is 1.14 bits per heavy atom. The van der Waals surface area contributed by atoms with Crippen molar-refractivity contribution in [3.8, 4) is 11.5 Å². The van der Waals surface area contributed by atoms with Crippen LogP contribution in [-0.4, -0.2) is 72.5 Å². The third kappa shape index (κ3) is 7.73. The highest BCUT2D eigenvalue weighted by atomic mass is 16.5. The first-order valence-electron chi connectivity index (χ1n) is 13.9. The summed E-state index contributed by atoms with van der Waals surface area (Å²) in [6.07, 6.45) is 1.89. The molecule has 4 rings (SSSR count). The highest BCUT2D eigenvalue weighted by Crippen LogP contribution is 2.33. The number of methoxy groups -OCH3 is 2. The van der Waals surface area contributed by atoms with E-state index in [1.807, 2.05) is 0 Å². The molecule has 0 bridgehead atoms. The van der Waals surface area contributed by atoms with E-state index in [1.54, 1.807) is 53.4 Å². The van der Waals surface area contributed by atoms with Gasteiger partial charge in [-0.15, -0.1) is 0 Å².